The Kier molecular flexibility index (Phi) is 6.12. The van der Waals surface area contributed by atoms with E-state index in [-0.39, 0.29) is 5.41 Å². The molecule has 0 saturated heterocycles. The van der Waals surface area contributed by atoms with Crippen molar-refractivity contribution >= 4 is 20.9 Å². The number of carbonyl (C=O) groups excluding carboxylic acids is 1. The standard InChI is InChI=1S/C13H21NO.C9H13.C7H9Ge.Hf/c1-11-3-9-4-12(2,6-11)8-13(5-9,7-11)10(14)15;1-6-5-7(2)9(4)8(6)3;1-8-7-5-3-2-4-6-7;/h9H,3-8H2,1-2H3,(H2,14,15);6H,1-4H3;2-6,8H,1H3;/q;;;+1/p-1. The van der Waals surface area contributed by atoms with Gasteiger partial charge in [0.2, 0.25) is 0 Å². The summed E-state index contributed by atoms with van der Waals surface area (Å²) in [6, 6.07) is 11.3. The Morgan fingerprint density at radius 3 is 2.09 bits per heavy atom. The fraction of sp³-hybridized carbons (Fsp3) is 0.621. The third-order valence-corrected chi connectivity index (χ3v) is 51.7. The van der Waals surface area contributed by atoms with Crippen LogP contribution < -0.4 is 7.70 Å². The number of rotatable bonds is 5. The van der Waals surface area contributed by atoms with Gasteiger partial charge in [-0.2, -0.15) is 0 Å². The number of amides is 1. The summed E-state index contributed by atoms with van der Waals surface area (Å²) in [5.41, 5.74) is 5.23. The molecule has 5 aliphatic carbocycles. The molecule has 4 fully saturated rings. The van der Waals surface area contributed by atoms with Crippen LogP contribution in [0, 0.1) is 28.1 Å². The van der Waals surface area contributed by atoms with Crippen LogP contribution in [0.1, 0.15) is 80.1 Å². The Morgan fingerprint density at radius 1 is 0.970 bits per heavy atom. The van der Waals surface area contributed by atoms with Gasteiger partial charge in [0.1, 0.15) is 0 Å². The zero-order valence-electron chi connectivity index (χ0n) is 21.8. The molecule has 5 aliphatic rings. The molecule has 0 aliphatic heterocycles. The van der Waals surface area contributed by atoms with E-state index in [0.717, 1.165) is 25.2 Å². The van der Waals surface area contributed by atoms with Crippen molar-refractivity contribution in [2.24, 2.45) is 28.1 Å². The summed E-state index contributed by atoms with van der Waals surface area (Å²) < 4.78 is 7.34. The molecule has 4 atom stereocenters. The summed E-state index contributed by atoms with van der Waals surface area (Å²) >= 11 is -2.58. The molecule has 0 heterocycles. The molecule has 1 amide bonds. The third-order valence-electron chi connectivity index (χ3n) is 10.0. The van der Waals surface area contributed by atoms with Gasteiger partial charge in [0.05, 0.1) is 0 Å². The van der Waals surface area contributed by atoms with Crippen molar-refractivity contribution in [1.29, 1.82) is 0 Å². The first-order valence-corrected chi connectivity index (χ1v) is 32.3. The number of hydrogen-bond acceptors (Lipinski definition) is 1. The molecule has 4 saturated carbocycles. The van der Waals surface area contributed by atoms with Gasteiger partial charge in [-0.15, -0.1) is 0 Å². The Labute approximate surface area is 211 Å². The fourth-order valence-corrected chi connectivity index (χ4v) is 52.6. The van der Waals surface area contributed by atoms with Gasteiger partial charge >= 0.3 is 213 Å². The summed E-state index contributed by atoms with van der Waals surface area (Å²) in [7, 11) is -1.85. The molecule has 1 aromatic carbocycles. The van der Waals surface area contributed by atoms with Crippen molar-refractivity contribution in [1.82, 2.24) is 3.30 Å². The molecule has 4 unspecified atom stereocenters. The van der Waals surface area contributed by atoms with Gasteiger partial charge in [0, 0.05) is 0 Å². The van der Waals surface area contributed by atoms with Gasteiger partial charge in [-0.1, -0.05) is 0 Å². The van der Waals surface area contributed by atoms with E-state index in [1.165, 1.54) is 36.0 Å². The first-order chi connectivity index (χ1) is 15.5. The van der Waals surface area contributed by atoms with Crippen LogP contribution in [0.4, 0.5) is 0 Å². The Bertz CT molecular complexity index is 1020. The molecule has 33 heavy (non-hydrogen) atoms. The summed E-state index contributed by atoms with van der Waals surface area (Å²) in [6.07, 6.45) is 7.46. The van der Waals surface area contributed by atoms with Crippen molar-refractivity contribution in [2.45, 2.75) is 85.8 Å². The number of carbonyl (C=O) groups is 1. The quantitative estimate of drug-likeness (QED) is 0.374. The van der Waals surface area contributed by atoms with Gasteiger partial charge in [-0.25, -0.2) is 0 Å². The molecule has 0 radical (unpaired) electrons. The van der Waals surface area contributed by atoms with Crippen LogP contribution in [-0.4, -0.2) is 16.5 Å². The van der Waals surface area contributed by atoms with Gasteiger partial charge in [0.15, 0.2) is 0 Å². The van der Waals surface area contributed by atoms with Gasteiger partial charge < -0.3 is 0 Å². The zero-order chi connectivity index (χ0) is 23.8. The number of benzene rings is 1. The number of allylic oxidation sites excluding steroid dienone is 4. The summed E-state index contributed by atoms with van der Waals surface area (Å²) in [6.45, 7) is 14.4. The second kappa shape index (κ2) is 8.32. The monoisotopic (exact) mass is 674 g/mol. The van der Waals surface area contributed by atoms with Crippen LogP contribution in [0.2, 0.25) is 5.76 Å². The normalized spacial score (nSPS) is 38.2. The average molecular weight is 672 g/mol. The second-order valence-electron chi connectivity index (χ2n) is 13.0. The van der Waals surface area contributed by atoms with E-state index in [4.69, 9.17) is 0 Å². The summed E-state index contributed by atoms with van der Waals surface area (Å²) in [5, 5.41) is 0. The van der Waals surface area contributed by atoms with Crippen molar-refractivity contribution < 1.29 is 24.0 Å². The molecular formula is C29H42GeHfNO. The molecule has 4 bridgehead atoms. The predicted molar refractivity (Wildman–Crippen MR) is 137 cm³/mol. The Morgan fingerprint density at radius 2 is 1.58 bits per heavy atom. The molecule has 177 valence electrons. The van der Waals surface area contributed by atoms with E-state index in [9.17, 15) is 4.79 Å². The van der Waals surface area contributed by atoms with E-state index < -0.39 is 29.9 Å². The minimum atomic E-state index is -2.58. The van der Waals surface area contributed by atoms with Crippen LogP contribution in [0.3, 0.4) is 0 Å². The van der Waals surface area contributed by atoms with Crippen molar-refractivity contribution in [3.63, 3.8) is 0 Å². The van der Waals surface area contributed by atoms with E-state index in [1.807, 2.05) is 0 Å². The zero-order valence-corrected chi connectivity index (χ0v) is 27.8. The van der Waals surface area contributed by atoms with E-state index in [0.29, 0.717) is 22.7 Å². The molecule has 1 aromatic rings. The Balaban J connectivity index is 1.50. The average Bonchev–Trinajstić information content (AvgIpc) is 2.92. The van der Waals surface area contributed by atoms with Gasteiger partial charge in [-0.3, -0.25) is 0 Å². The Hall–Kier alpha value is -0.417. The minimum absolute atomic E-state index is 0.0920. The van der Waals surface area contributed by atoms with E-state index in [2.05, 4.69) is 80.9 Å². The van der Waals surface area contributed by atoms with Crippen molar-refractivity contribution in [2.75, 3.05) is 0 Å². The van der Waals surface area contributed by atoms with Crippen LogP contribution in [0.15, 0.2) is 50.4 Å². The molecule has 2 nitrogen and oxygen atoms in total. The number of hydrogen-bond donors (Lipinski definition) is 1. The van der Waals surface area contributed by atoms with Gasteiger partial charge in [-0.05, 0) is 0 Å². The van der Waals surface area contributed by atoms with Crippen LogP contribution >= 0.6 is 0 Å². The molecule has 4 heteroatoms. The van der Waals surface area contributed by atoms with Crippen LogP contribution in [0.5, 0.6) is 0 Å². The van der Waals surface area contributed by atoms with E-state index >= 15 is 0 Å². The SMILES string of the molecule is CC1=C(C)C(C)[C]([Hf]([NH]C(=O)C23CC4CC(C)(CC(C)(C4)C2)C3)[GeH]([CH3])[c]2ccccc2)=C1C. The van der Waals surface area contributed by atoms with E-state index in [1.54, 1.807) is 7.73 Å². The van der Waals surface area contributed by atoms with Crippen molar-refractivity contribution in [3.8, 4) is 0 Å². The summed E-state index contributed by atoms with van der Waals surface area (Å²) in [4.78, 5) is 14.4. The molecule has 0 spiro atoms. The molecule has 1 N–H and O–H groups in total. The summed E-state index contributed by atoms with van der Waals surface area (Å²) in [5.74, 6) is 4.36. The molecule has 6 rings (SSSR count). The topological polar surface area (TPSA) is 29.1 Å². The van der Waals surface area contributed by atoms with Crippen LogP contribution in [0.25, 0.3) is 0 Å². The maximum atomic E-state index is 14.4. The molecular weight excluding hydrogens is 629 g/mol. The predicted octanol–water partition coefficient (Wildman–Crippen LogP) is 6.15. The van der Waals surface area contributed by atoms with Gasteiger partial charge in [0.25, 0.3) is 0 Å². The van der Waals surface area contributed by atoms with Crippen LogP contribution in [-0.2, 0) is 24.0 Å². The maximum absolute atomic E-state index is 14.4. The first-order valence-electron chi connectivity index (χ1n) is 13.1. The first kappa shape index (κ1) is 24.3. The van der Waals surface area contributed by atoms with Crippen molar-refractivity contribution in [3.05, 3.63) is 50.4 Å². The number of nitrogens with one attached hydrogen (secondary N) is 1. The molecule has 0 aromatic heterocycles. The third kappa shape index (κ3) is 4.05. The second-order valence-corrected chi connectivity index (χ2v) is 49.3. The fourth-order valence-electron chi connectivity index (χ4n) is 9.07.